The lowest BCUT2D eigenvalue weighted by molar-refractivity contribution is -0.120. The average Bonchev–Trinajstić information content (AvgIpc) is 3.19. The molecule has 1 amide bonds. The quantitative estimate of drug-likeness (QED) is 0.712. The number of tetrazole rings is 1. The SMILES string of the molecule is Cc1ccc(NC(=O)C2CCCCC2)c(NC=C(C#N)c2nn[nH]n2)c1. The van der Waals surface area contributed by atoms with Crippen molar-refractivity contribution in [1.82, 2.24) is 20.6 Å². The molecule has 8 nitrogen and oxygen atoms in total. The summed E-state index contributed by atoms with van der Waals surface area (Å²) in [6, 6.07) is 7.75. The van der Waals surface area contributed by atoms with Gasteiger partial charge in [0.15, 0.2) is 0 Å². The van der Waals surface area contributed by atoms with Gasteiger partial charge >= 0.3 is 0 Å². The van der Waals surface area contributed by atoms with Crippen LogP contribution in [-0.4, -0.2) is 26.5 Å². The molecule has 1 aliphatic rings. The normalized spacial score (nSPS) is 15.3. The smallest absolute Gasteiger partial charge is 0.227 e. The third-order valence-electron chi connectivity index (χ3n) is 4.49. The van der Waals surface area contributed by atoms with Crippen LogP contribution in [-0.2, 0) is 4.79 Å². The van der Waals surface area contributed by atoms with Crippen LogP contribution in [0.1, 0.15) is 43.5 Å². The number of nitrogens with zero attached hydrogens (tertiary/aromatic N) is 4. The number of amides is 1. The van der Waals surface area contributed by atoms with Crippen molar-refractivity contribution in [2.24, 2.45) is 5.92 Å². The minimum absolute atomic E-state index is 0.0549. The van der Waals surface area contributed by atoms with E-state index in [1.807, 2.05) is 31.2 Å². The molecular weight excluding hydrogens is 330 g/mol. The van der Waals surface area contributed by atoms with E-state index in [0.29, 0.717) is 11.4 Å². The Kier molecular flexibility index (Phi) is 5.59. The van der Waals surface area contributed by atoms with Crippen LogP contribution in [0.5, 0.6) is 0 Å². The topological polar surface area (TPSA) is 119 Å². The van der Waals surface area contributed by atoms with E-state index in [1.54, 1.807) is 0 Å². The Bertz CT molecular complexity index is 830. The van der Waals surface area contributed by atoms with Gasteiger partial charge in [0, 0.05) is 12.1 Å². The van der Waals surface area contributed by atoms with Crippen LogP contribution in [0.15, 0.2) is 24.4 Å². The van der Waals surface area contributed by atoms with E-state index in [2.05, 4.69) is 31.3 Å². The number of nitrogens with one attached hydrogen (secondary N) is 3. The van der Waals surface area contributed by atoms with E-state index in [9.17, 15) is 10.1 Å². The van der Waals surface area contributed by atoms with Crippen LogP contribution >= 0.6 is 0 Å². The predicted molar refractivity (Wildman–Crippen MR) is 97.8 cm³/mol. The Hall–Kier alpha value is -3.21. The first-order valence-corrected chi connectivity index (χ1v) is 8.69. The summed E-state index contributed by atoms with van der Waals surface area (Å²) in [5, 5.41) is 28.7. The van der Waals surface area contributed by atoms with Crippen molar-refractivity contribution < 1.29 is 4.79 Å². The van der Waals surface area contributed by atoms with Gasteiger partial charge in [0.25, 0.3) is 0 Å². The first-order valence-electron chi connectivity index (χ1n) is 8.69. The fourth-order valence-corrected chi connectivity index (χ4v) is 3.06. The fraction of sp³-hybridized carbons (Fsp3) is 0.389. The summed E-state index contributed by atoms with van der Waals surface area (Å²) in [5.41, 5.74) is 2.68. The Morgan fingerprint density at radius 2 is 2.12 bits per heavy atom. The summed E-state index contributed by atoms with van der Waals surface area (Å²) in [6.45, 7) is 1.96. The molecule has 3 N–H and O–H groups in total. The van der Waals surface area contributed by atoms with E-state index in [0.717, 1.165) is 31.2 Å². The van der Waals surface area contributed by atoms with E-state index < -0.39 is 0 Å². The Morgan fingerprint density at radius 1 is 1.31 bits per heavy atom. The highest BCUT2D eigenvalue weighted by Crippen LogP contribution is 2.28. The molecule has 0 atom stereocenters. The number of hydrogen-bond acceptors (Lipinski definition) is 6. The van der Waals surface area contributed by atoms with Gasteiger partial charge in [-0.25, -0.2) is 0 Å². The van der Waals surface area contributed by atoms with Gasteiger partial charge in [-0.15, -0.1) is 10.2 Å². The van der Waals surface area contributed by atoms with Crippen LogP contribution in [0.3, 0.4) is 0 Å². The van der Waals surface area contributed by atoms with Crippen LogP contribution < -0.4 is 10.6 Å². The van der Waals surface area contributed by atoms with Crippen LogP contribution in [0.2, 0.25) is 0 Å². The molecule has 0 saturated heterocycles. The number of aromatic amines is 1. The molecule has 1 saturated carbocycles. The Labute approximate surface area is 151 Å². The lowest BCUT2D eigenvalue weighted by Gasteiger charge is -2.21. The summed E-state index contributed by atoms with van der Waals surface area (Å²) in [4.78, 5) is 12.5. The van der Waals surface area contributed by atoms with Crippen molar-refractivity contribution >= 4 is 22.9 Å². The van der Waals surface area contributed by atoms with Gasteiger partial charge in [0.05, 0.1) is 11.4 Å². The molecule has 1 aromatic heterocycles. The van der Waals surface area contributed by atoms with Gasteiger partial charge < -0.3 is 10.6 Å². The van der Waals surface area contributed by atoms with Gasteiger partial charge in [0.1, 0.15) is 11.6 Å². The van der Waals surface area contributed by atoms with Crippen molar-refractivity contribution in [2.75, 3.05) is 10.6 Å². The Morgan fingerprint density at radius 3 is 2.81 bits per heavy atom. The summed E-state index contributed by atoms with van der Waals surface area (Å²) in [5.74, 6) is 0.335. The first kappa shape index (κ1) is 17.6. The monoisotopic (exact) mass is 351 g/mol. The highest BCUT2D eigenvalue weighted by atomic mass is 16.1. The number of allylic oxidation sites excluding steroid dienone is 1. The molecule has 3 rings (SSSR count). The maximum atomic E-state index is 12.5. The second-order valence-electron chi connectivity index (χ2n) is 6.42. The number of rotatable bonds is 5. The van der Waals surface area contributed by atoms with Crippen molar-refractivity contribution in [3.63, 3.8) is 0 Å². The number of carbonyl (C=O) groups excluding carboxylic acids is 1. The molecule has 1 heterocycles. The highest BCUT2D eigenvalue weighted by Gasteiger charge is 2.21. The molecular formula is C18H21N7O. The minimum Gasteiger partial charge on any atom is -0.359 e. The molecule has 134 valence electrons. The van der Waals surface area contributed by atoms with Gasteiger partial charge in [0.2, 0.25) is 11.7 Å². The number of carbonyl (C=O) groups is 1. The summed E-state index contributed by atoms with van der Waals surface area (Å²) >= 11 is 0. The van der Waals surface area contributed by atoms with Crippen molar-refractivity contribution in [1.29, 1.82) is 5.26 Å². The van der Waals surface area contributed by atoms with E-state index in [-0.39, 0.29) is 23.2 Å². The first-order chi connectivity index (χ1) is 12.7. The van der Waals surface area contributed by atoms with Gasteiger partial charge in [-0.2, -0.15) is 10.5 Å². The zero-order valence-electron chi connectivity index (χ0n) is 14.6. The van der Waals surface area contributed by atoms with E-state index in [1.165, 1.54) is 12.6 Å². The predicted octanol–water partition coefficient (Wildman–Crippen LogP) is 3.00. The standard InChI is InChI=1S/C18H21N7O/c1-12-7-8-15(21-18(26)13-5-3-2-4-6-13)16(9-12)20-11-14(10-19)17-22-24-25-23-17/h7-9,11,13,20H,2-6H2,1H3,(H,21,26)(H,22,23,24,25). The number of aromatic nitrogens is 4. The molecule has 0 radical (unpaired) electrons. The lowest BCUT2D eigenvalue weighted by Crippen LogP contribution is -2.25. The number of nitriles is 1. The fourth-order valence-electron chi connectivity index (χ4n) is 3.06. The number of H-pyrrole nitrogens is 1. The molecule has 1 aromatic carbocycles. The maximum Gasteiger partial charge on any atom is 0.227 e. The van der Waals surface area contributed by atoms with Crippen molar-refractivity contribution in [2.45, 2.75) is 39.0 Å². The van der Waals surface area contributed by atoms with Crippen LogP contribution in [0.25, 0.3) is 5.57 Å². The summed E-state index contributed by atoms with van der Waals surface area (Å²) < 4.78 is 0. The number of hydrogen-bond donors (Lipinski definition) is 3. The molecule has 26 heavy (non-hydrogen) atoms. The molecule has 0 bridgehead atoms. The number of anilines is 2. The third-order valence-corrected chi connectivity index (χ3v) is 4.49. The largest absolute Gasteiger partial charge is 0.359 e. The maximum absolute atomic E-state index is 12.5. The average molecular weight is 351 g/mol. The second-order valence-corrected chi connectivity index (χ2v) is 6.42. The number of aryl methyl sites for hydroxylation is 1. The zero-order valence-corrected chi connectivity index (χ0v) is 14.6. The van der Waals surface area contributed by atoms with Gasteiger partial charge in [-0.1, -0.05) is 25.3 Å². The molecule has 0 spiro atoms. The van der Waals surface area contributed by atoms with Crippen molar-refractivity contribution in [3.05, 3.63) is 35.8 Å². The molecule has 1 aliphatic carbocycles. The van der Waals surface area contributed by atoms with Gasteiger partial charge in [-0.05, 0) is 42.7 Å². The lowest BCUT2D eigenvalue weighted by atomic mass is 9.88. The zero-order chi connectivity index (χ0) is 18.4. The van der Waals surface area contributed by atoms with Gasteiger partial charge in [-0.3, -0.25) is 4.79 Å². The van der Waals surface area contributed by atoms with Crippen LogP contribution in [0.4, 0.5) is 11.4 Å². The Balaban J connectivity index is 1.77. The molecule has 2 aromatic rings. The van der Waals surface area contributed by atoms with Crippen molar-refractivity contribution in [3.8, 4) is 6.07 Å². The number of benzene rings is 1. The molecule has 8 heteroatoms. The summed E-state index contributed by atoms with van der Waals surface area (Å²) in [7, 11) is 0. The second kappa shape index (κ2) is 8.25. The van der Waals surface area contributed by atoms with E-state index >= 15 is 0 Å². The van der Waals surface area contributed by atoms with Crippen LogP contribution in [0, 0.1) is 24.2 Å². The molecule has 1 fully saturated rings. The highest BCUT2D eigenvalue weighted by molar-refractivity contribution is 5.96. The summed E-state index contributed by atoms with van der Waals surface area (Å²) in [6.07, 6.45) is 6.81. The third kappa shape index (κ3) is 4.25. The molecule has 0 aliphatic heterocycles. The minimum atomic E-state index is 0.0549. The van der Waals surface area contributed by atoms with E-state index in [4.69, 9.17) is 0 Å². The molecule has 0 unspecified atom stereocenters.